The second kappa shape index (κ2) is 4.02. The predicted molar refractivity (Wildman–Crippen MR) is 71.7 cm³/mol. The molecule has 0 amide bonds. The Balaban J connectivity index is 2.18. The van der Waals surface area contributed by atoms with Crippen molar-refractivity contribution in [1.29, 1.82) is 0 Å². The number of fused-ring (bicyclic) bond motifs is 1. The van der Waals surface area contributed by atoms with Crippen molar-refractivity contribution in [2.45, 2.75) is 26.7 Å². The molecule has 0 fully saturated rings. The van der Waals surface area contributed by atoms with Gasteiger partial charge in [-0.1, -0.05) is 25.2 Å². The van der Waals surface area contributed by atoms with E-state index in [-0.39, 0.29) is 16.3 Å². The Morgan fingerprint density at radius 3 is 2.55 bits per heavy atom. The van der Waals surface area contributed by atoms with Gasteiger partial charge in [0, 0.05) is 6.42 Å². The van der Waals surface area contributed by atoms with E-state index in [2.05, 4.69) is 4.98 Å². The first kappa shape index (κ1) is 13.0. The summed E-state index contributed by atoms with van der Waals surface area (Å²) in [6.07, 6.45) is 1.09. The molecule has 0 unspecified atom stereocenters. The number of ketones is 1. The molecule has 0 radical (unpaired) electrons. The molecule has 0 N–H and O–H groups in total. The molecule has 8 heteroatoms. The van der Waals surface area contributed by atoms with Crippen LogP contribution in [0.3, 0.4) is 0 Å². The molecule has 106 valence electrons. The number of Topliss-reactive ketones (excluding diaryl/α,β-unsaturated/α-hetero) is 1. The van der Waals surface area contributed by atoms with Crippen molar-refractivity contribution in [3.63, 3.8) is 0 Å². The summed E-state index contributed by atoms with van der Waals surface area (Å²) in [4.78, 5) is 40.4. The van der Waals surface area contributed by atoms with Crippen LogP contribution in [0.1, 0.15) is 35.6 Å². The molecule has 0 saturated carbocycles. The van der Waals surface area contributed by atoms with Crippen LogP contribution in [0.4, 0.5) is 0 Å². The number of thiazole rings is 1. The van der Waals surface area contributed by atoms with Gasteiger partial charge in [0.1, 0.15) is 0 Å². The molecule has 1 aliphatic rings. The monoisotopic (exact) mass is 295 g/mol. The number of hydrogen-bond donors (Lipinski definition) is 0. The molecule has 0 aliphatic heterocycles. The Kier molecular flexibility index (Phi) is 2.62. The maximum absolute atomic E-state index is 12.1. The Hall–Kier alpha value is -1.96. The topological polar surface area (TPSA) is 87.1 Å². The highest BCUT2D eigenvalue weighted by Crippen LogP contribution is 2.37. The fourth-order valence-electron chi connectivity index (χ4n) is 2.38. The van der Waals surface area contributed by atoms with Crippen LogP contribution in [0.25, 0.3) is 5.13 Å². The lowest BCUT2D eigenvalue weighted by atomic mass is 9.78. The molecular formula is C12H13N3O4S. The lowest BCUT2D eigenvalue weighted by Crippen LogP contribution is -2.27. The van der Waals surface area contributed by atoms with Crippen LogP contribution in [0.15, 0.2) is 14.1 Å². The fraction of sp³-hybridized carbons (Fsp3) is 0.500. The lowest BCUT2D eigenvalue weighted by Gasteiger charge is -2.26. The quantitative estimate of drug-likeness (QED) is 0.774. The van der Waals surface area contributed by atoms with E-state index in [0.29, 0.717) is 23.4 Å². The van der Waals surface area contributed by atoms with Gasteiger partial charge in [0.05, 0.1) is 17.6 Å². The molecule has 0 bridgehead atoms. The van der Waals surface area contributed by atoms with E-state index in [0.717, 1.165) is 20.6 Å². The van der Waals surface area contributed by atoms with Crippen molar-refractivity contribution in [2.75, 3.05) is 0 Å². The number of aromatic nitrogens is 3. The largest absolute Gasteiger partial charge is 0.449 e. The van der Waals surface area contributed by atoms with Gasteiger partial charge < -0.3 is 4.52 Å². The minimum atomic E-state index is -0.796. The highest BCUT2D eigenvalue weighted by atomic mass is 32.1. The summed E-state index contributed by atoms with van der Waals surface area (Å²) >= 11 is 1.07. The molecular weight excluding hydrogens is 282 g/mol. The first-order chi connectivity index (χ1) is 9.28. The Morgan fingerprint density at radius 2 is 1.95 bits per heavy atom. The SMILES string of the molecule is Cn1oc(=O)n(-c2nc3c(s2)C(=O)CC(C)(C)C3)c1=O. The van der Waals surface area contributed by atoms with E-state index in [1.807, 2.05) is 13.8 Å². The van der Waals surface area contributed by atoms with E-state index in [1.165, 1.54) is 7.05 Å². The fourth-order valence-corrected chi connectivity index (χ4v) is 3.38. The Bertz CT molecular complexity index is 821. The average molecular weight is 295 g/mol. The number of carbonyl (C=O) groups excluding carboxylic acids is 1. The van der Waals surface area contributed by atoms with E-state index < -0.39 is 11.4 Å². The van der Waals surface area contributed by atoms with Crippen molar-refractivity contribution >= 4 is 17.1 Å². The molecule has 2 aromatic heterocycles. The van der Waals surface area contributed by atoms with Crippen molar-refractivity contribution in [3.8, 4) is 5.13 Å². The van der Waals surface area contributed by atoms with Crippen LogP contribution in [0.5, 0.6) is 0 Å². The summed E-state index contributed by atoms with van der Waals surface area (Å²) in [5.74, 6) is -0.788. The van der Waals surface area contributed by atoms with Crippen molar-refractivity contribution in [2.24, 2.45) is 12.5 Å². The van der Waals surface area contributed by atoms with Crippen LogP contribution < -0.4 is 11.4 Å². The second-order valence-electron chi connectivity index (χ2n) is 5.69. The van der Waals surface area contributed by atoms with Gasteiger partial charge in [0.25, 0.3) is 0 Å². The van der Waals surface area contributed by atoms with E-state index >= 15 is 0 Å². The van der Waals surface area contributed by atoms with E-state index in [1.54, 1.807) is 0 Å². The van der Waals surface area contributed by atoms with E-state index in [9.17, 15) is 14.4 Å². The van der Waals surface area contributed by atoms with Gasteiger partial charge in [-0.25, -0.2) is 14.6 Å². The smallest absolute Gasteiger partial charge is 0.317 e. The van der Waals surface area contributed by atoms with Crippen molar-refractivity contribution < 1.29 is 9.32 Å². The third-order valence-electron chi connectivity index (χ3n) is 3.27. The first-order valence-corrected chi connectivity index (χ1v) is 6.93. The molecule has 7 nitrogen and oxygen atoms in total. The zero-order valence-corrected chi connectivity index (χ0v) is 12.1. The average Bonchev–Trinajstić information content (AvgIpc) is 2.80. The van der Waals surface area contributed by atoms with Gasteiger partial charge in [0.2, 0.25) is 5.13 Å². The minimum Gasteiger partial charge on any atom is -0.317 e. The molecule has 2 heterocycles. The molecule has 1 aliphatic carbocycles. The zero-order chi connectivity index (χ0) is 14.7. The Labute approximate surface area is 117 Å². The van der Waals surface area contributed by atoms with Gasteiger partial charge in [-0.15, -0.1) is 0 Å². The van der Waals surface area contributed by atoms with E-state index in [4.69, 9.17) is 4.52 Å². The molecule has 0 aromatic carbocycles. The van der Waals surface area contributed by atoms with Crippen LogP contribution in [0, 0.1) is 5.41 Å². The summed E-state index contributed by atoms with van der Waals surface area (Å²) < 4.78 is 6.39. The van der Waals surface area contributed by atoms with Crippen molar-refractivity contribution in [1.82, 2.24) is 14.3 Å². The third-order valence-corrected chi connectivity index (χ3v) is 4.40. The van der Waals surface area contributed by atoms with Crippen molar-refractivity contribution in [3.05, 3.63) is 31.6 Å². The maximum atomic E-state index is 12.1. The van der Waals surface area contributed by atoms with Crippen LogP contribution in [0.2, 0.25) is 0 Å². The number of carbonyl (C=O) groups is 1. The maximum Gasteiger partial charge on any atom is 0.449 e. The summed E-state index contributed by atoms with van der Waals surface area (Å²) in [5, 5.41) is 0.195. The van der Waals surface area contributed by atoms with Gasteiger partial charge >= 0.3 is 11.4 Å². The second-order valence-corrected chi connectivity index (χ2v) is 6.66. The third kappa shape index (κ3) is 1.87. The van der Waals surface area contributed by atoms with Crippen LogP contribution >= 0.6 is 11.3 Å². The Morgan fingerprint density at radius 1 is 1.25 bits per heavy atom. The zero-order valence-electron chi connectivity index (χ0n) is 11.3. The van der Waals surface area contributed by atoms with Gasteiger partial charge in [0.15, 0.2) is 5.78 Å². The summed E-state index contributed by atoms with van der Waals surface area (Å²) in [5.41, 5.74) is -0.101. The molecule has 3 rings (SSSR count). The van der Waals surface area contributed by atoms with Gasteiger partial charge in [-0.3, -0.25) is 4.79 Å². The van der Waals surface area contributed by atoms with Crippen LogP contribution in [-0.4, -0.2) is 20.1 Å². The molecule has 2 aromatic rings. The highest BCUT2D eigenvalue weighted by molar-refractivity contribution is 7.16. The number of nitrogens with zero attached hydrogens (tertiary/aromatic N) is 3. The van der Waals surface area contributed by atoms with Gasteiger partial charge in [-0.05, 0) is 11.8 Å². The summed E-state index contributed by atoms with van der Waals surface area (Å²) in [6.45, 7) is 3.99. The number of aryl methyl sites for hydroxylation is 1. The minimum absolute atomic E-state index is 0.00775. The lowest BCUT2D eigenvalue weighted by molar-refractivity contribution is 0.0916. The normalized spacial score (nSPS) is 17.2. The molecule has 0 atom stereocenters. The standard InChI is InChI=1S/C12H13N3O4S/c1-12(2)4-6-8(7(16)5-12)20-9(13-6)15-10(17)14(3)19-11(15)18/h4-5H2,1-3H3. The molecule has 20 heavy (non-hydrogen) atoms. The van der Waals surface area contributed by atoms with Crippen LogP contribution in [-0.2, 0) is 13.5 Å². The van der Waals surface area contributed by atoms with Gasteiger partial charge in [-0.2, -0.15) is 9.31 Å². The molecule has 0 saturated heterocycles. The summed E-state index contributed by atoms with van der Waals surface area (Å²) in [6, 6.07) is 0. The molecule has 0 spiro atoms. The number of hydrogen-bond acceptors (Lipinski definition) is 6. The first-order valence-electron chi connectivity index (χ1n) is 6.11. The predicted octanol–water partition coefficient (Wildman–Crippen LogP) is 0.741. The summed E-state index contributed by atoms with van der Waals surface area (Å²) in [7, 11) is 1.35. The number of rotatable bonds is 1. The highest BCUT2D eigenvalue weighted by Gasteiger charge is 2.34.